The zero-order chi connectivity index (χ0) is 21.1. The van der Waals surface area contributed by atoms with Gasteiger partial charge in [0.25, 0.3) is 5.91 Å². The van der Waals surface area contributed by atoms with Crippen molar-refractivity contribution >= 4 is 36.0 Å². The van der Waals surface area contributed by atoms with Crippen LogP contribution in [0.4, 0.5) is 9.57 Å². The summed E-state index contributed by atoms with van der Waals surface area (Å²) in [4.78, 5) is 35.2. The Bertz CT molecular complexity index is 790. The Morgan fingerprint density at radius 3 is 2.43 bits per heavy atom. The lowest BCUT2D eigenvalue weighted by molar-refractivity contribution is -0.107. The monoisotopic (exact) mass is 409 g/mol. The van der Waals surface area contributed by atoms with Crippen LogP contribution in [0.25, 0.3) is 0 Å². The number of rotatable bonds is 7. The molecule has 2 aromatic rings. The Morgan fingerprint density at radius 1 is 1.25 bits per heavy atom. The number of amides is 1. The summed E-state index contributed by atoms with van der Waals surface area (Å²) in [6.45, 7) is 5.47. The summed E-state index contributed by atoms with van der Waals surface area (Å²) in [6, 6.07) is 9.34. The Hall–Kier alpha value is -2.61. The molecule has 1 aromatic carbocycles. The minimum absolute atomic E-state index is 0.00532. The fraction of sp³-hybridized carbons (Fsp3) is 0.350. The van der Waals surface area contributed by atoms with Crippen LogP contribution in [0.5, 0.6) is 0 Å². The van der Waals surface area contributed by atoms with Crippen molar-refractivity contribution in [3.63, 3.8) is 0 Å². The van der Waals surface area contributed by atoms with Crippen LogP contribution in [0.2, 0.25) is 0 Å². The Balaban J connectivity index is 0.000000696. The van der Waals surface area contributed by atoms with Crippen LogP contribution >= 0.6 is 12.1 Å². The number of unbranched alkanes of at least 4 members (excludes halogenated alkanes) is 1. The van der Waals surface area contributed by atoms with Crippen molar-refractivity contribution < 1.29 is 27.4 Å². The number of carbonyl (C=O) groups is 3. The first-order valence-electron chi connectivity index (χ1n) is 8.75. The van der Waals surface area contributed by atoms with Crippen molar-refractivity contribution in [3.05, 3.63) is 47.7 Å². The van der Waals surface area contributed by atoms with Crippen LogP contribution in [0.1, 0.15) is 54.5 Å². The average molecular weight is 409 g/mol. The smallest absolute Gasteiger partial charge is 0.340 e. The van der Waals surface area contributed by atoms with Gasteiger partial charge >= 0.3 is 5.97 Å². The van der Waals surface area contributed by atoms with E-state index < -0.39 is 11.9 Å². The molecular weight excluding hydrogens is 385 g/mol. The highest BCUT2D eigenvalue weighted by Gasteiger charge is 2.23. The number of esters is 1. The molecule has 2 rings (SSSR count). The SMILES string of the molecule is CC(C)OC(=O)c1ccccc1N(C)C(=O)c1ccc(SF)o1.CCCC=O. The number of hydrogen-bond donors (Lipinski definition) is 0. The van der Waals surface area contributed by atoms with E-state index in [1.807, 2.05) is 6.92 Å². The maximum Gasteiger partial charge on any atom is 0.340 e. The molecule has 0 unspecified atom stereocenters. The molecule has 0 aliphatic carbocycles. The number of anilines is 1. The third-order valence-electron chi connectivity index (χ3n) is 3.41. The molecule has 0 saturated heterocycles. The molecule has 152 valence electrons. The third-order valence-corrected chi connectivity index (χ3v) is 3.78. The van der Waals surface area contributed by atoms with Gasteiger partial charge in [-0.2, -0.15) is 3.89 Å². The third kappa shape index (κ3) is 6.84. The highest BCUT2D eigenvalue weighted by molar-refractivity contribution is 7.94. The fourth-order valence-corrected chi connectivity index (χ4v) is 2.33. The minimum Gasteiger partial charge on any atom is -0.459 e. The van der Waals surface area contributed by atoms with Crippen LogP contribution in [-0.2, 0) is 9.53 Å². The summed E-state index contributed by atoms with van der Waals surface area (Å²) in [5.74, 6) is -1.02. The number of furan rings is 1. The topological polar surface area (TPSA) is 76.8 Å². The van der Waals surface area contributed by atoms with Gasteiger partial charge in [0.2, 0.25) is 0 Å². The summed E-state index contributed by atoms with van der Waals surface area (Å²) < 4.78 is 22.7. The quantitative estimate of drug-likeness (QED) is 0.469. The lowest BCUT2D eigenvalue weighted by atomic mass is 10.1. The molecule has 28 heavy (non-hydrogen) atoms. The number of benzene rings is 1. The van der Waals surface area contributed by atoms with Crippen molar-refractivity contribution in [2.45, 2.75) is 44.8 Å². The van der Waals surface area contributed by atoms with Gasteiger partial charge in [0.15, 0.2) is 10.9 Å². The number of para-hydroxylation sites is 1. The molecule has 8 heteroatoms. The summed E-state index contributed by atoms with van der Waals surface area (Å²) in [5, 5.41) is -0.00532. The first-order chi connectivity index (χ1) is 13.3. The second-order valence-electron chi connectivity index (χ2n) is 5.99. The van der Waals surface area contributed by atoms with Crippen LogP contribution in [0.3, 0.4) is 0 Å². The Kier molecular flexibility index (Phi) is 10.0. The summed E-state index contributed by atoms with van der Waals surface area (Å²) in [5.41, 5.74) is 0.651. The average Bonchev–Trinajstić information content (AvgIpc) is 3.16. The largest absolute Gasteiger partial charge is 0.459 e. The van der Waals surface area contributed by atoms with E-state index in [-0.39, 0.29) is 34.7 Å². The van der Waals surface area contributed by atoms with Gasteiger partial charge in [-0.05, 0) is 44.5 Å². The molecule has 0 atom stereocenters. The fourth-order valence-electron chi connectivity index (χ4n) is 2.09. The van der Waals surface area contributed by atoms with Crippen molar-refractivity contribution in [2.24, 2.45) is 0 Å². The molecule has 0 spiro atoms. The molecule has 6 nitrogen and oxygen atoms in total. The van der Waals surface area contributed by atoms with Gasteiger partial charge < -0.3 is 18.8 Å². The van der Waals surface area contributed by atoms with Gasteiger partial charge in [-0.15, -0.1) is 0 Å². The number of carbonyl (C=O) groups excluding carboxylic acids is 3. The van der Waals surface area contributed by atoms with E-state index in [0.29, 0.717) is 12.1 Å². The predicted octanol–water partition coefficient (Wildman–Crippen LogP) is 5.08. The zero-order valence-electron chi connectivity index (χ0n) is 16.3. The number of hydrogen-bond acceptors (Lipinski definition) is 6. The molecule has 1 aromatic heterocycles. The van der Waals surface area contributed by atoms with E-state index in [4.69, 9.17) is 9.15 Å². The summed E-state index contributed by atoms with van der Waals surface area (Å²) in [7, 11) is 1.51. The van der Waals surface area contributed by atoms with Crippen LogP contribution in [0.15, 0.2) is 45.9 Å². The van der Waals surface area contributed by atoms with Gasteiger partial charge in [-0.25, -0.2) is 4.79 Å². The van der Waals surface area contributed by atoms with Crippen molar-refractivity contribution in [1.29, 1.82) is 0 Å². The predicted molar refractivity (Wildman–Crippen MR) is 106 cm³/mol. The van der Waals surface area contributed by atoms with Crippen molar-refractivity contribution in [3.8, 4) is 0 Å². The van der Waals surface area contributed by atoms with Crippen molar-refractivity contribution in [1.82, 2.24) is 0 Å². The maximum atomic E-state index is 12.5. The number of halogens is 1. The molecule has 0 fully saturated rings. The first kappa shape index (κ1) is 23.4. The maximum absolute atomic E-state index is 12.5. The van der Waals surface area contributed by atoms with E-state index in [1.54, 1.807) is 38.1 Å². The lowest BCUT2D eigenvalue weighted by Crippen LogP contribution is -2.28. The van der Waals surface area contributed by atoms with Crippen LogP contribution in [0, 0.1) is 0 Å². The van der Waals surface area contributed by atoms with E-state index in [1.165, 1.54) is 24.1 Å². The van der Waals surface area contributed by atoms with Gasteiger partial charge in [-0.1, -0.05) is 19.1 Å². The molecule has 1 amide bonds. The van der Waals surface area contributed by atoms with E-state index in [0.717, 1.165) is 12.7 Å². The highest BCUT2D eigenvalue weighted by atomic mass is 32.2. The number of nitrogens with zero attached hydrogens (tertiary/aromatic N) is 1. The normalized spacial score (nSPS) is 10.1. The van der Waals surface area contributed by atoms with Gasteiger partial charge in [-0.3, -0.25) is 4.79 Å². The Labute approximate surface area is 168 Å². The summed E-state index contributed by atoms with van der Waals surface area (Å²) in [6.07, 6.45) is 2.34. The molecule has 0 radical (unpaired) electrons. The number of aldehydes is 1. The molecule has 0 bridgehead atoms. The van der Waals surface area contributed by atoms with Gasteiger partial charge in [0, 0.05) is 13.5 Å². The highest BCUT2D eigenvalue weighted by Crippen LogP contribution is 2.25. The van der Waals surface area contributed by atoms with E-state index in [9.17, 15) is 18.3 Å². The second kappa shape index (κ2) is 12.0. The molecule has 0 aliphatic rings. The first-order valence-corrected chi connectivity index (χ1v) is 9.47. The molecule has 0 N–H and O–H groups in total. The molecule has 0 saturated carbocycles. The van der Waals surface area contributed by atoms with Crippen LogP contribution in [-0.4, -0.2) is 31.3 Å². The zero-order valence-corrected chi connectivity index (χ0v) is 17.1. The number of ether oxygens (including phenoxy) is 1. The minimum atomic E-state index is -0.519. The van der Waals surface area contributed by atoms with E-state index >= 15 is 0 Å². The molecule has 1 heterocycles. The lowest BCUT2D eigenvalue weighted by Gasteiger charge is -2.19. The summed E-state index contributed by atoms with van der Waals surface area (Å²) >= 11 is -0.0821. The van der Waals surface area contributed by atoms with E-state index in [2.05, 4.69) is 0 Å². The Morgan fingerprint density at radius 2 is 1.93 bits per heavy atom. The molecule has 0 aliphatic heterocycles. The second-order valence-corrected chi connectivity index (χ2v) is 6.54. The van der Waals surface area contributed by atoms with Gasteiger partial charge in [0.1, 0.15) is 18.4 Å². The van der Waals surface area contributed by atoms with Crippen LogP contribution < -0.4 is 4.90 Å². The molecular formula is C20H24FNO5S. The van der Waals surface area contributed by atoms with Crippen molar-refractivity contribution in [2.75, 3.05) is 11.9 Å². The van der Waals surface area contributed by atoms with Gasteiger partial charge in [0.05, 0.1) is 17.4 Å². The standard InChI is InChI=1S/C16H16FNO4S.C4H8O/c1-10(2)21-16(20)11-6-4-5-7-12(11)18(3)15(19)13-8-9-14(22-13)23-17;1-2-3-4-5/h4-10H,1-3H3;4H,2-3H2,1H3.